The minimum absolute atomic E-state index is 0.279. The van der Waals surface area contributed by atoms with Gasteiger partial charge >= 0.3 is 5.97 Å². The lowest BCUT2D eigenvalue weighted by molar-refractivity contribution is 0.0697. The second-order valence-electron chi connectivity index (χ2n) is 4.75. The molecule has 0 unspecified atom stereocenters. The van der Waals surface area contributed by atoms with Crippen molar-refractivity contribution < 1.29 is 9.90 Å². The lowest BCUT2D eigenvalue weighted by Crippen LogP contribution is -1.96. The Morgan fingerprint density at radius 3 is 2.65 bits per heavy atom. The average molecular weight is 263 g/mol. The van der Waals surface area contributed by atoms with Crippen LogP contribution in [-0.2, 0) is 0 Å². The number of aromatic carboxylic acids is 1. The van der Waals surface area contributed by atoms with Crippen LogP contribution in [0.1, 0.15) is 15.9 Å². The van der Waals surface area contributed by atoms with Crippen molar-refractivity contribution >= 4 is 16.9 Å². The van der Waals surface area contributed by atoms with Gasteiger partial charge in [0, 0.05) is 17.1 Å². The SMILES string of the molecule is Cc1ccccc1-c1cnc2ccc(C(=O)O)cc2c1. The molecule has 98 valence electrons. The number of aryl methyl sites for hydroxylation is 1. The van der Waals surface area contributed by atoms with E-state index >= 15 is 0 Å². The maximum atomic E-state index is 11.0. The number of benzene rings is 2. The Kier molecular flexibility index (Phi) is 2.95. The number of carboxylic acid groups (broad SMARTS) is 1. The summed E-state index contributed by atoms with van der Waals surface area (Å²) in [6.07, 6.45) is 1.82. The van der Waals surface area contributed by atoms with Crippen LogP contribution in [-0.4, -0.2) is 16.1 Å². The lowest BCUT2D eigenvalue weighted by atomic mass is 10.0. The number of rotatable bonds is 2. The van der Waals surface area contributed by atoms with Crippen LogP contribution < -0.4 is 0 Å². The number of carbonyl (C=O) groups is 1. The van der Waals surface area contributed by atoms with Crippen molar-refractivity contribution in [3.8, 4) is 11.1 Å². The van der Waals surface area contributed by atoms with Crippen LogP contribution in [0.5, 0.6) is 0 Å². The molecule has 0 radical (unpaired) electrons. The van der Waals surface area contributed by atoms with Crippen LogP contribution in [0.2, 0.25) is 0 Å². The summed E-state index contributed by atoms with van der Waals surface area (Å²) < 4.78 is 0. The molecular formula is C17H13NO2. The van der Waals surface area contributed by atoms with Crippen LogP contribution in [0.15, 0.2) is 54.7 Å². The first kappa shape index (κ1) is 12.4. The van der Waals surface area contributed by atoms with E-state index < -0.39 is 5.97 Å². The molecule has 3 rings (SSSR count). The van der Waals surface area contributed by atoms with Crippen LogP contribution in [0.25, 0.3) is 22.0 Å². The van der Waals surface area contributed by atoms with E-state index in [1.807, 2.05) is 43.5 Å². The lowest BCUT2D eigenvalue weighted by Gasteiger charge is -2.07. The number of hydrogen-bond donors (Lipinski definition) is 1. The van der Waals surface area contributed by atoms with Crippen LogP contribution in [0, 0.1) is 6.92 Å². The van der Waals surface area contributed by atoms with Gasteiger partial charge in [0.2, 0.25) is 0 Å². The van der Waals surface area contributed by atoms with E-state index in [4.69, 9.17) is 5.11 Å². The first-order chi connectivity index (χ1) is 9.65. The van der Waals surface area contributed by atoms with E-state index in [9.17, 15) is 4.79 Å². The summed E-state index contributed by atoms with van der Waals surface area (Å²) in [5, 5.41) is 9.89. The Morgan fingerprint density at radius 1 is 1.10 bits per heavy atom. The molecule has 0 fully saturated rings. The van der Waals surface area contributed by atoms with E-state index in [2.05, 4.69) is 4.98 Å². The third kappa shape index (κ3) is 2.14. The third-order valence-corrected chi connectivity index (χ3v) is 3.38. The highest BCUT2D eigenvalue weighted by Crippen LogP contribution is 2.25. The predicted octanol–water partition coefficient (Wildman–Crippen LogP) is 3.91. The van der Waals surface area contributed by atoms with Crippen molar-refractivity contribution in [2.75, 3.05) is 0 Å². The molecular weight excluding hydrogens is 250 g/mol. The number of hydrogen-bond acceptors (Lipinski definition) is 2. The molecule has 0 aliphatic carbocycles. The van der Waals surface area contributed by atoms with Crippen molar-refractivity contribution in [1.29, 1.82) is 0 Å². The van der Waals surface area contributed by atoms with Gasteiger partial charge in [-0.05, 0) is 42.3 Å². The van der Waals surface area contributed by atoms with Crippen molar-refractivity contribution in [3.05, 3.63) is 65.9 Å². The first-order valence-electron chi connectivity index (χ1n) is 6.34. The monoisotopic (exact) mass is 263 g/mol. The molecule has 1 heterocycles. The Hall–Kier alpha value is -2.68. The summed E-state index contributed by atoms with van der Waals surface area (Å²) in [4.78, 5) is 15.4. The molecule has 0 saturated carbocycles. The molecule has 0 spiro atoms. The molecule has 1 N–H and O–H groups in total. The zero-order valence-corrected chi connectivity index (χ0v) is 11.0. The molecule has 3 aromatic rings. The summed E-state index contributed by atoms with van der Waals surface area (Å²) in [5.74, 6) is -0.923. The van der Waals surface area contributed by atoms with Crippen molar-refractivity contribution in [2.45, 2.75) is 6.92 Å². The molecule has 3 heteroatoms. The van der Waals surface area contributed by atoms with Crippen molar-refractivity contribution in [1.82, 2.24) is 4.98 Å². The molecule has 1 aromatic heterocycles. The predicted molar refractivity (Wildman–Crippen MR) is 78.9 cm³/mol. The van der Waals surface area contributed by atoms with Gasteiger partial charge in [-0.25, -0.2) is 4.79 Å². The molecule has 0 aliphatic rings. The minimum atomic E-state index is -0.923. The highest BCUT2D eigenvalue weighted by molar-refractivity contribution is 5.94. The molecule has 0 saturated heterocycles. The zero-order chi connectivity index (χ0) is 14.1. The summed E-state index contributed by atoms with van der Waals surface area (Å²) in [5.41, 5.74) is 4.36. The van der Waals surface area contributed by atoms with Gasteiger partial charge < -0.3 is 5.11 Å². The largest absolute Gasteiger partial charge is 0.478 e. The minimum Gasteiger partial charge on any atom is -0.478 e. The fourth-order valence-corrected chi connectivity index (χ4v) is 2.31. The van der Waals surface area contributed by atoms with E-state index in [1.54, 1.807) is 18.2 Å². The quantitative estimate of drug-likeness (QED) is 0.762. The number of fused-ring (bicyclic) bond motifs is 1. The van der Waals surface area contributed by atoms with Crippen LogP contribution in [0.4, 0.5) is 0 Å². The van der Waals surface area contributed by atoms with Gasteiger partial charge in [0.15, 0.2) is 0 Å². The molecule has 0 amide bonds. The first-order valence-corrected chi connectivity index (χ1v) is 6.34. The number of aromatic nitrogens is 1. The summed E-state index contributed by atoms with van der Waals surface area (Å²) in [6, 6.07) is 15.0. The van der Waals surface area contributed by atoms with E-state index in [0.717, 1.165) is 22.0 Å². The Bertz CT molecular complexity index is 809. The normalized spacial score (nSPS) is 10.7. The highest BCUT2D eigenvalue weighted by atomic mass is 16.4. The summed E-state index contributed by atoms with van der Waals surface area (Å²) in [6.45, 7) is 2.05. The highest BCUT2D eigenvalue weighted by Gasteiger charge is 2.07. The fourth-order valence-electron chi connectivity index (χ4n) is 2.31. The molecule has 0 atom stereocenters. The Morgan fingerprint density at radius 2 is 1.90 bits per heavy atom. The second-order valence-corrected chi connectivity index (χ2v) is 4.75. The van der Waals surface area contributed by atoms with Gasteiger partial charge in [0.05, 0.1) is 11.1 Å². The number of carboxylic acids is 1. The van der Waals surface area contributed by atoms with Crippen molar-refractivity contribution in [2.24, 2.45) is 0 Å². The summed E-state index contributed by atoms with van der Waals surface area (Å²) >= 11 is 0. The Labute approximate surface area is 116 Å². The fraction of sp³-hybridized carbons (Fsp3) is 0.0588. The van der Waals surface area contributed by atoms with Gasteiger partial charge in [-0.1, -0.05) is 24.3 Å². The van der Waals surface area contributed by atoms with Crippen LogP contribution in [0.3, 0.4) is 0 Å². The average Bonchev–Trinajstić information content (AvgIpc) is 2.46. The van der Waals surface area contributed by atoms with Crippen molar-refractivity contribution in [3.63, 3.8) is 0 Å². The second kappa shape index (κ2) is 4.78. The number of pyridine rings is 1. The smallest absolute Gasteiger partial charge is 0.335 e. The number of nitrogens with zero attached hydrogens (tertiary/aromatic N) is 1. The Balaban J connectivity index is 2.19. The molecule has 3 nitrogen and oxygen atoms in total. The zero-order valence-electron chi connectivity index (χ0n) is 11.0. The van der Waals surface area contributed by atoms with E-state index in [0.29, 0.717) is 0 Å². The third-order valence-electron chi connectivity index (χ3n) is 3.38. The molecule has 20 heavy (non-hydrogen) atoms. The van der Waals surface area contributed by atoms with E-state index in [-0.39, 0.29) is 5.56 Å². The van der Waals surface area contributed by atoms with Gasteiger partial charge in [-0.2, -0.15) is 0 Å². The van der Waals surface area contributed by atoms with Gasteiger partial charge in [-0.3, -0.25) is 4.98 Å². The van der Waals surface area contributed by atoms with Gasteiger partial charge in [0.25, 0.3) is 0 Å². The van der Waals surface area contributed by atoms with Gasteiger partial charge in [0.1, 0.15) is 0 Å². The molecule has 0 aliphatic heterocycles. The van der Waals surface area contributed by atoms with Gasteiger partial charge in [-0.15, -0.1) is 0 Å². The van der Waals surface area contributed by atoms with E-state index in [1.165, 1.54) is 5.56 Å². The maximum Gasteiger partial charge on any atom is 0.335 e. The maximum absolute atomic E-state index is 11.0. The topological polar surface area (TPSA) is 50.2 Å². The van der Waals surface area contributed by atoms with Crippen LogP contribution >= 0.6 is 0 Å². The standard InChI is InChI=1S/C17H13NO2/c1-11-4-2-3-5-15(11)14-9-13-8-12(17(19)20)6-7-16(13)18-10-14/h2-10H,1H3,(H,19,20). The molecule has 2 aromatic carbocycles. The summed E-state index contributed by atoms with van der Waals surface area (Å²) in [7, 11) is 0. The molecule has 0 bridgehead atoms.